The number of likely N-dealkylation sites (tertiary alicyclic amines) is 1. The number of piperidine rings is 1. The summed E-state index contributed by atoms with van der Waals surface area (Å²) < 4.78 is 53.6. The zero-order chi connectivity index (χ0) is 27.6. The fourth-order valence-electron chi connectivity index (χ4n) is 5.39. The van der Waals surface area contributed by atoms with Gasteiger partial charge in [-0.2, -0.15) is 23.3 Å². The summed E-state index contributed by atoms with van der Waals surface area (Å²) in [5.41, 5.74) is -0.0281. The highest BCUT2D eigenvalue weighted by Gasteiger charge is 2.41. The van der Waals surface area contributed by atoms with Crippen LogP contribution in [-0.4, -0.2) is 73.9 Å². The number of ether oxygens (including phenoxy) is 1. The van der Waals surface area contributed by atoms with Crippen LogP contribution in [0.2, 0.25) is 0 Å². The number of halogens is 3. The first kappa shape index (κ1) is 27.3. The number of carboxylic acid groups (broad SMARTS) is 1. The van der Waals surface area contributed by atoms with Crippen LogP contribution in [0.15, 0.2) is 35.0 Å². The van der Waals surface area contributed by atoms with Crippen molar-refractivity contribution in [1.29, 1.82) is 0 Å². The molecule has 13 heteroatoms. The molecule has 0 bridgehead atoms. The lowest BCUT2D eigenvalue weighted by Crippen LogP contribution is -2.38. The van der Waals surface area contributed by atoms with Crippen LogP contribution >= 0.6 is 0 Å². The van der Waals surface area contributed by atoms with Gasteiger partial charge in [-0.25, -0.2) is 0 Å². The van der Waals surface area contributed by atoms with Crippen molar-refractivity contribution in [3.63, 3.8) is 0 Å². The van der Waals surface area contributed by atoms with E-state index in [4.69, 9.17) is 14.4 Å². The molecule has 2 aliphatic rings. The molecule has 10 nitrogen and oxygen atoms in total. The molecule has 0 radical (unpaired) electrons. The normalized spacial score (nSPS) is 20.3. The number of aliphatic hydroxyl groups excluding tert-OH is 1. The van der Waals surface area contributed by atoms with Crippen LogP contribution in [0.4, 0.5) is 13.2 Å². The number of aliphatic carboxylic acids is 1. The van der Waals surface area contributed by atoms with Gasteiger partial charge >= 0.3 is 12.1 Å². The molecule has 2 atom stereocenters. The number of aliphatic hydroxyl groups is 1. The highest BCUT2D eigenvalue weighted by Crippen LogP contribution is 2.39. The van der Waals surface area contributed by atoms with E-state index in [1.165, 1.54) is 0 Å². The van der Waals surface area contributed by atoms with Gasteiger partial charge in [0.15, 0.2) is 5.69 Å². The molecule has 4 heterocycles. The van der Waals surface area contributed by atoms with Crippen LogP contribution in [0, 0.1) is 5.92 Å². The van der Waals surface area contributed by atoms with E-state index >= 15 is 0 Å². The topological polar surface area (TPSA) is 127 Å². The Kier molecular flexibility index (Phi) is 8.01. The Morgan fingerprint density at radius 2 is 1.90 bits per heavy atom. The van der Waals surface area contributed by atoms with Crippen molar-refractivity contribution < 1.29 is 37.4 Å². The Hall–Kier alpha value is -3.29. The number of nitrogens with zero attached hydrogens (tertiary/aromatic N) is 5. The minimum Gasteiger partial charge on any atom is -0.481 e. The maximum absolute atomic E-state index is 14.0. The minimum absolute atomic E-state index is 0.0694. The Morgan fingerprint density at radius 1 is 1.15 bits per heavy atom. The number of carbonyl (C=O) groups is 1. The van der Waals surface area contributed by atoms with Gasteiger partial charge in [0.2, 0.25) is 5.82 Å². The molecule has 210 valence electrons. The summed E-state index contributed by atoms with van der Waals surface area (Å²) in [6, 6.07) is 6.33. The fourth-order valence-corrected chi connectivity index (χ4v) is 5.39. The summed E-state index contributed by atoms with van der Waals surface area (Å²) in [7, 11) is 0. The molecule has 0 saturated carbocycles. The first-order valence-electron chi connectivity index (χ1n) is 13.0. The van der Waals surface area contributed by atoms with E-state index in [1.54, 1.807) is 24.3 Å². The third-order valence-electron chi connectivity index (χ3n) is 7.31. The largest absolute Gasteiger partial charge is 0.481 e. The molecular weight excluding hydrogens is 519 g/mol. The Labute approximate surface area is 222 Å². The monoisotopic (exact) mass is 549 g/mol. The smallest absolute Gasteiger partial charge is 0.433 e. The van der Waals surface area contributed by atoms with Crippen molar-refractivity contribution in [2.24, 2.45) is 5.92 Å². The zero-order valence-corrected chi connectivity index (χ0v) is 21.2. The number of benzene rings is 1. The quantitative estimate of drug-likeness (QED) is 0.425. The summed E-state index contributed by atoms with van der Waals surface area (Å²) in [5.74, 6) is -0.906. The predicted octanol–water partition coefficient (Wildman–Crippen LogP) is 4.19. The average molecular weight is 550 g/mol. The molecule has 2 saturated heterocycles. The van der Waals surface area contributed by atoms with E-state index in [0.717, 1.165) is 30.3 Å². The number of aromatic nitrogens is 4. The molecule has 2 N–H and O–H groups in total. The van der Waals surface area contributed by atoms with E-state index in [-0.39, 0.29) is 29.6 Å². The second-order valence-electron chi connectivity index (χ2n) is 10.1. The number of hydrogen-bond donors (Lipinski definition) is 2. The van der Waals surface area contributed by atoms with Gasteiger partial charge in [-0.3, -0.25) is 9.48 Å². The molecule has 3 aromatic rings. The molecule has 0 aliphatic carbocycles. The second-order valence-corrected chi connectivity index (χ2v) is 10.1. The summed E-state index contributed by atoms with van der Waals surface area (Å²) in [6.07, 6.45) is -1.62. The first-order chi connectivity index (χ1) is 18.7. The lowest BCUT2D eigenvalue weighted by molar-refractivity contribution is -0.145. The van der Waals surface area contributed by atoms with Crippen molar-refractivity contribution in [2.75, 3.05) is 32.8 Å². The van der Waals surface area contributed by atoms with Crippen LogP contribution in [0.25, 0.3) is 22.8 Å². The lowest BCUT2D eigenvalue weighted by atomic mass is 9.94. The summed E-state index contributed by atoms with van der Waals surface area (Å²) in [6.45, 7) is 2.53. The van der Waals surface area contributed by atoms with Gasteiger partial charge in [-0.15, -0.1) is 0 Å². The lowest BCUT2D eigenvalue weighted by Gasteiger charge is -2.33. The van der Waals surface area contributed by atoms with Gasteiger partial charge < -0.3 is 24.4 Å². The molecule has 2 aromatic heterocycles. The van der Waals surface area contributed by atoms with Gasteiger partial charge in [0.05, 0.1) is 23.9 Å². The van der Waals surface area contributed by atoms with Crippen LogP contribution in [0.3, 0.4) is 0 Å². The van der Waals surface area contributed by atoms with Crippen LogP contribution in [0.1, 0.15) is 55.5 Å². The van der Waals surface area contributed by atoms with E-state index in [2.05, 4.69) is 20.1 Å². The Morgan fingerprint density at radius 3 is 2.59 bits per heavy atom. The van der Waals surface area contributed by atoms with E-state index in [1.807, 2.05) is 0 Å². The molecule has 1 aromatic carbocycles. The van der Waals surface area contributed by atoms with Gasteiger partial charge in [0, 0.05) is 38.3 Å². The maximum Gasteiger partial charge on any atom is 0.433 e. The molecular formula is C26H30F3N5O5. The van der Waals surface area contributed by atoms with Crippen molar-refractivity contribution in [3.05, 3.63) is 41.7 Å². The standard InChI is InChI=1S/C26H30F3N5O5/c27-26(28,29)23-20(13-30-34(23)19-7-10-38-11-8-19)25-31-24(32-39-25)18-5-3-17(4-6-18)21(35)15-33-9-1-2-16(14-33)12-22(36)37/h3-6,13,16,19,21,35H,1-2,7-12,14-15H2,(H,36,37)/t16-,21+/m1/s1. The second kappa shape index (κ2) is 11.4. The number of β-amino-alcohol motifs (C(OH)–C–C–N with tert-alkyl or cyclic N) is 1. The van der Waals surface area contributed by atoms with Gasteiger partial charge in [-0.1, -0.05) is 29.4 Å². The molecule has 2 fully saturated rings. The molecule has 0 amide bonds. The number of carboxylic acids is 1. The minimum atomic E-state index is -4.67. The predicted molar refractivity (Wildman–Crippen MR) is 131 cm³/mol. The van der Waals surface area contributed by atoms with Crippen LogP contribution < -0.4 is 0 Å². The maximum atomic E-state index is 14.0. The van der Waals surface area contributed by atoms with E-state index < -0.39 is 30.0 Å². The van der Waals surface area contributed by atoms with Gasteiger partial charge in [-0.05, 0) is 43.7 Å². The van der Waals surface area contributed by atoms with Gasteiger partial charge in [0.1, 0.15) is 0 Å². The Bertz CT molecular complexity index is 1270. The average Bonchev–Trinajstić information content (AvgIpc) is 3.57. The van der Waals surface area contributed by atoms with Crippen LogP contribution in [0.5, 0.6) is 0 Å². The third-order valence-corrected chi connectivity index (χ3v) is 7.31. The van der Waals surface area contributed by atoms with Crippen molar-refractivity contribution in [3.8, 4) is 22.8 Å². The summed E-state index contributed by atoms with van der Waals surface area (Å²) in [5, 5.41) is 27.7. The fraction of sp³-hybridized carbons (Fsp3) is 0.538. The highest BCUT2D eigenvalue weighted by atomic mass is 19.4. The highest BCUT2D eigenvalue weighted by molar-refractivity contribution is 5.67. The molecule has 5 rings (SSSR count). The van der Waals surface area contributed by atoms with Crippen LogP contribution in [-0.2, 0) is 15.7 Å². The Balaban J connectivity index is 1.29. The van der Waals surface area contributed by atoms with E-state index in [0.29, 0.717) is 50.3 Å². The first-order valence-corrected chi connectivity index (χ1v) is 13.0. The van der Waals surface area contributed by atoms with E-state index in [9.17, 15) is 23.1 Å². The number of alkyl halides is 3. The molecule has 0 spiro atoms. The number of rotatable bonds is 8. The molecule has 2 aliphatic heterocycles. The number of hydrogen-bond acceptors (Lipinski definition) is 8. The van der Waals surface area contributed by atoms with Crippen molar-refractivity contribution >= 4 is 5.97 Å². The molecule has 0 unspecified atom stereocenters. The van der Waals surface area contributed by atoms with Gasteiger partial charge in [0.25, 0.3) is 5.89 Å². The summed E-state index contributed by atoms with van der Waals surface area (Å²) in [4.78, 5) is 17.3. The van der Waals surface area contributed by atoms with Crippen molar-refractivity contribution in [1.82, 2.24) is 24.8 Å². The summed E-state index contributed by atoms with van der Waals surface area (Å²) >= 11 is 0. The third kappa shape index (κ3) is 6.31. The molecule has 39 heavy (non-hydrogen) atoms. The van der Waals surface area contributed by atoms with Crippen molar-refractivity contribution in [2.45, 2.75) is 50.4 Å². The SMILES string of the molecule is O=C(O)C[C@H]1CCCN(C[C@H](O)c2ccc(-c3noc(-c4cnn(C5CCOCC5)c4C(F)(F)F)n3)cc2)C1. The zero-order valence-electron chi connectivity index (χ0n) is 21.2.